The Morgan fingerprint density at radius 1 is 1.37 bits per heavy atom. The van der Waals surface area contributed by atoms with Crippen molar-refractivity contribution in [2.75, 3.05) is 0 Å². The number of nitriles is 1. The third-order valence-electron chi connectivity index (χ3n) is 2.79. The molecular weight excluding hydrogens is 238 g/mol. The van der Waals surface area contributed by atoms with Gasteiger partial charge in [0, 0.05) is 11.8 Å². The van der Waals surface area contributed by atoms with Gasteiger partial charge in [-0.3, -0.25) is 9.78 Å². The number of aryl methyl sites for hydroxylation is 1. The van der Waals surface area contributed by atoms with Gasteiger partial charge in [-0.1, -0.05) is 12.1 Å². The van der Waals surface area contributed by atoms with Gasteiger partial charge in [-0.2, -0.15) is 5.26 Å². The average Bonchev–Trinajstić information content (AvgIpc) is 2.46. The summed E-state index contributed by atoms with van der Waals surface area (Å²) in [7, 11) is 0. The summed E-state index contributed by atoms with van der Waals surface area (Å²) in [6.45, 7) is 2.33. The molecule has 0 fully saturated rings. The van der Waals surface area contributed by atoms with Crippen molar-refractivity contribution in [2.24, 2.45) is 0 Å². The maximum Gasteiger partial charge on any atom is 0.251 e. The normalized spacial score (nSPS) is 9.68. The topological polar surface area (TPSA) is 65.8 Å². The van der Waals surface area contributed by atoms with E-state index in [-0.39, 0.29) is 5.91 Å². The Labute approximate surface area is 111 Å². The number of carbonyl (C=O) groups excluding carboxylic acids is 1. The third-order valence-corrected chi connectivity index (χ3v) is 2.79. The van der Waals surface area contributed by atoms with Crippen molar-refractivity contribution >= 4 is 5.91 Å². The SMILES string of the molecule is Cc1cccnc1CNC(=O)c1cccc(C#N)c1. The fourth-order valence-corrected chi connectivity index (χ4v) is 1.70. The predicted molar refractivity (Wildman–Crippen MR) is 71.3 cm³/mol. The first-order valence-electron chi connectivity index (χ1n) is 5.89. The van der Waals surface area contributed by atoms with E-state index in [9.17, 15) is 4.79 Å². The van der Waals surface area contributed by atoms with Crippen LogP contribution < -0.4 is 5.32 Å². The highest BCUT2D eigenvalue weighted by Gasteiger charge is 2.07. The molecule has 1 N–H and O–H groups in total. The molecule has 1 aromatic carbocycles. The molecule has 1 aromatic heterocycles. The van der Waals surface area contributed by atoms with Crippen molar-refractivity contribution in [3.8, 4) is 6.07 Å². The minimum atomic E-state index is -0.206. The number of nitrogens with zero attached hydrogens (tertiary/aromatic N) is 2. The van der Waals surface area contributed by atoms with E-state index in [4.69, 9.17) is 5.26 Å². The second kappa shape index (κ2) is 5.78. The van der Waals surface area contributed by atoms with E-state index < -0.39 is 0 Å². The number of benzene rings is 1. The summed E-state index contributed by atoms with van der Waals surface area (Å²) in [5, 5.41) is 11.6. The number of pyridine rings is 1. The molecule has 0 radical (unpaired) electrons. The zero-order chi connectivity index (χ0) is 13.7. The van der Waals surface area contributed by atoms with E-state index in [0.717, 1.165) is 11.3 Å². The molecule has 0 aliphatic carbocycles. The lowest BCUT2D eigenvalue weighted by Crippen LogP contribution is -2.23. The first-order valence-corrected chi connectivity index (χ1v) is 5.89. The molecule has 94 valence electrons. The van der Waals surface area contributed by atoms with Gasteiger partial charge in [-0.25, -0.2) is 0 Å². The zero-order valence-electron chi connectivity index (χ0n) is 10.6. The molecule has 4 heteroatoms. The lowest BCUT2D eigenvalue weighted by Gasteiger charge is -2.07. The third kappa shape index (κ3) is 3.17. The highest BCUT2D eigenvalue weighted by molar-refractivity contribution is 5.94. The van der Waals surface area contributed by atoms with Crippen LogP contribution in [0, 0.1) is 18.3 Å². The maximum atomic E-state index is 11.9. The molecule has 4 nitrogen and oxygen atoms in total. The molecule has 0 aliphatic rings. The van der Waals surface area contributed by atoms with E-state index in [0.29, 0.717) is 17.7 Å². The quantitative estimate of drug-likeness (QED) is 0.909. The highest BCUT2D eigenvalue weighted by Crippen LogP contribution is 2.06. The van der Waals surface area contributed by atoms with Crippen LogP contribution in [0.3, 0.4) is 0 Å². The van der Waals surface area contributed by atoms with Crippen molar-refractivity contribution < 1.29 is 4.79 Å². The van der Waals surface area contributed by atoms with Crippen LogP contribution in [0.15, 0.2) is 42.6 Å². The summed E-state index contributed by atoms with van der Waals surface area (Å²) in [6.07, 6.45) is 1.70. The van der Waals surface area contributed by atoms with Crippen LogP contribution in [-0.2, 0) is 6.54 Å². The van der Waals surface area contributed by atoms with E-state index in [1.54, 1.807) is 30.5 Å². The number of amides is 1. The van der Waals surface area contributed by atoms with Gasteiger partial charge in [0.15, 0.2) is 0 Å². The average molecular weight is 251 g/mol. The summed E-state index contributed by atoms with van der Waals surface area (Å²) in [6, 6.07) is 12.4. The van der Waals surface area contributed by atoms with Crippen LogP contribution >= 0.6 is 0 Å². The van der Waals surface area contributed by atoms with Gasteiger partial charge < -0.3 is 5.32 Å². The fraction of sp³-hybridized carbons (Fsp3) is 0.133. The molecular formula is C15H13N3O. The van der Waals surface area contributed by atoms with Crippen LogP contribution in [0.5, 0.6) is 0 Å². The van der Waals surface area contributed by atoms with Crippen LogP contribution in [0.2, 0.25) is 0 Å². The highest BCUT2D eigenvalue weighted by atomic mass is 16.1. The van der Waals surface area contributed by atoms with Crippen molar-refractivity contribution in [3.05, 3.63) is 65.0 Å². The number of aromatic nitrogens is 1. The summed E-state index contributed by atoms with van der Waals surface area (Å²) < 4.78 is 0. The van der Waals surface area contributed by atoms with Gasteiger partial charge in [0.2, 0.25) is 0 Å². The van der Waals surface area contributed by atoms with Crippen LogP contribution in [-0.4, -0.2) is 10.9 Å². The van der Waals surface area contributed by atoms with Crippen molar-refractivity contribution in [1.82, 2.24) is 10.3 Å². The molecule has 19 heavy (non-hydrogen) atoms. The fourth-order valence-electron chi connectivity index (χ4n) is 1.70. The van der Waals surface area contributed by atoms with Gasteiger partial charge in [0.1, 0.15) is 0 Å². The summed E-state index contributed by atoms with van der Waals surface area (Å²) >= 11 is 0. The van der Waals surface area contributed by atoms with E-state index in [2.05, 4.69) is 10.3 Å². The Morgan fingerprint density at radius 2 is 2.21 bits per heavy atom. The lowest BCUT2D eigenvalue weighted by molar-refractivity contribution is 0.0950. The molecule has 0 unspecified atom stereocenters. The Hall–Kier alpha value is -2.67. The number of rotatable bonds is 3. The van der Waals surface area contributed by atoms with Crippen molar-refractivity contribution in [2.45, 2.75) is 13.5 Å². The molecule has 1 amide bonds. The Balaban J connectivity index is 2.06. The maximum absolute atomic E-state index is 11.9. The Kier molecular flexibility index (Phi) is 3.89. The molecule has 0 saturated carbocycles. The molecule has 2 aromatic rings. The van der Waals surface area contributed by atoms with Gasteiger partial charge in [0.25, 0.3) is 5.91 Å². The molecule has 0 saturated heterocycles. The number of hydrogen-bond acceptors (Lipinski definition) is 3. The standard InChI is InChI=1S/C15H13N3O/c1-11-4-3-7-17-14(11)10-18-15(19)13-6-2-5-12(8-13)9-16/h2-8H,10H2,1H3,(H,18,19). The monoisotopic (exact) mass is 251 g/mol. The van der Waals surface area contributed by atoms with E-state index in [1.165, 1.54) is 0 Å². The first kappa shape index (κ1) is 12.8. The number of hydrogen-bond donors (Lipinski definition) is 1. The largest absolute Gasteiger partial charge is 0.346 e. The molecule has 0 atom stereocenters. The van der Waals surface area contributed by atoms with Crippen LogP contribution in [0.1, 0.15) is 27.2 Å². The molecule has 2 rings (SSSR count). The Morgan fingerprint density at radius 3 is 2.95 bits per heavy atom. The lowest BCUT2D eigenvalue weighted by atomic mass is 10.1. The van der Waals surface area contributed by atoms with Crippen molar-refractivity contribution in [3.63, 3.8) is 0 Å². The zero-order valence-corrected chi connectivity index (χ0v) is 10.6. The van der Waals surface area contributed by atoms with E-state index >= 15 is 0 Å². The smallest absolute Gasteiger partial charge is 0.251 e. The summed E-state index contributed by atoms with van der Waals surface area (Å²) in [5.74, 6) is -0.206. The molecule has 0 aliphatic heterocycles. The van der Waals surface area contributed by atoms with Crippen LogP contribution in [0.25, 0.3) is 0 Å². The minimum absolute atomic E-state index is 0.206. The van der Waals surface area contributed by atoms with E-state index in [1.807, 2.05) is 25.1 Å². The Bertz CT molecular complexity index is 644. The van der Waals surface area contributed by atoms with Gasteiger partial charge in [0.05, 0.1) is 23.9 Å². The van der Waals surface area contributed by atoms with Crippen molar-refractivity contribution in [1.29, 1.82) is 5.26 Å². The number of nitrogens with one attached hydrogen (secondary N) is 1. The minimum Gasteiger partial charge on any atom is -0.346 e. The second-order valence-corrected chi connectivity index (χ2v) is 4.14. The summed E-state index contributed by atoms with van der Waals surface area (Å²) in [4.78, 5) is 16.2. The molecule has 0 spiro atoms. The predicted octanol–water partition coefficient (Wildman–Crippen LogP) is 2.19. The molecule has 1 heterocycles. The second-order valence-electron chi connectivity index (χ2n) is 4.14. The van der Waals surface area contributed by atoms with Gasteiger partial charge >= 0.3 is 0 Å². The van der Waals surface area contributed by atoms with Gasteiger partial charge in [-0.15, -0.1) is 0 Å². The van der Waals surface area contributed by atoms with Gasteiger partial charge in [-0.05, 0) is 36.8 Å². The molecule has 0 bridgehead atoms. The first-order chi connectivity index (χ1) is 9.20. The number of carbonyl (C=O) groups is 1. The van der Waals surface area contributed by atoms with Crippen LogP contribution in [0.4, 0.5) is 0 Å². The summed E-state index contributed by atoms with van der Waals surface area (Å²) in [5.41, 5.74) is 2.83.